The van der Waals surface area contributed by atoms with E-state index in [2.05, 4.69) is 10.3 Å². The molecule has 202 valence electrons. The SMILES string of the molecule is O=C(Nc1cc(CN2C(=O)N(c3ccc(S(=O)(=O)C(F)(F)F)cc3)C(=O)C23CC3)ccn1)c1ccc(F)cc1. The maximum absolute atomic E-state index is 13.3. The highest BCUT2D eigenvalue weighted by atomic mass is 32.2. The number of hydrogen-bond acceptors (Lipinski definition) is 6. The number of halogens is 4. The van der Waals surface area contributed by atoms with Gasteiger partial charge >= 0.3 is 11.5 Å². The molecule has 5 rings (SSSR count). The Balaban J connectivity index is 1.35. The Kier molecular flexibility index (Phi) is 6.17. The molecule has 0 unspecified atom stereocenters. The number of nitrogens with zero attached hydrogens (tertiary/aromatic N) is 3. The topological polar surface area (TPSA) is 117 Å². The zero-order valence-corrected chi connectivity index (χ0v) is 20.6. The fourth-order valence-electron chi connectivity index (χ4n) is 4.28. The first-order chi connectivity index (χ1) is 18.3. The fraction of sp³-hybridized carbons (Fsp3) is 0.200. The molecule has 2 fully saturated rings. The zero-order chi connectivity index (χ0) is 28.2. The number of pyridine rings is 1. The van der Waals surface area contributed by atoms with Crippen molar-refractivity contribution < 1.29 is 40.4 Å². The van der Waals surface area contributed by atoms with Crippen LogP contribution in [0.1, 0.15) is 28.8 Å². The summed E-state index contributed by atoms with van der Waals surface area (Å²) in [5.41, 5.74) is -5.97. The molecule has 1 spiro atoms. The summed E-state index contributed by atoms with van der Waals surface area (Å²) in [6.07, 6.45) is 2.14. The summed E-state index contributed by atoms with van der Waals surface area (Å²) in [4.78, 5) is 44.2. The normalized spacial score (nSPS) is 16.6. The van der Waals surface area contributed by atoms with E-state index in [1.807, 2.05) is 0 Å². The second kappa shape index (κ2) is 9.15. The molecule has 0 radical (unpaired) electrons. The lowest BCUT2D eigenvalue weighted by Crippen LogP contribution is -2.36. The predicted molar refractivity (Wildman–Crippen MR) is 129 cm³/mol. The summed E-state index contributed by atoms with van der Waals surface area (Å²) in [5, 5.41) is 2.58. The molecule has 2 heterocycles. The van der Waals surface area contributed by atoms with Gasteiger partial charge in [-0.3, -0.25) is 9.59 Å². The molecule has 1 aliphatic carbocycles. The number of alkyl halides is 3. The van der Waals surface area contributed by atoms with Gasteiger partial charge in [0.15, 0.2) is 0 Å². The Morgan fingerprint density at radius 3 is 2.23 bits per heavy atom. The van der Waals surface area contributed by atoms with Gasteiger partial charge in [-0.25, -0.2) is 27.5 Å². The van der Waals surface area contributed by atoms with Crippen molar-refractivity contribution in [2.75, 3.05) is 10.2 Å². The van der Waals surface area contributed by atoms with Crippen LogP contribution < -0.4 is 10.2 Å². The fourth-order valence-corrected chi connectivity index (χ4v) is 5.05. The average Bonchev–Trinajstić information content (AvgIpc) is 3.66. The second-order valence-electron chi connectivity index (χ2n) is 8.99. The van der Waals surface area contributed by atoms with Crippen molar-refractivity contribution in [2.24, 2.45) is 0 Å². The number of nitrogens with one attached hydrogen (secondary N) is 1. The molecule has 1 N–H and O–H groups in total. The summed E-state index contributed by atoms with van der Waals surface area (Å²) in [6.45, 7) is -0.0381. The van der Waals surface area contributed by atoms with Crippen molar-refractivity contribution in [1.82, 2.24) is 9.88 Å². The quantitative estimate of drug-likeness (QED) is 0.354. The molecule has 0 atom stereocenters. The maximum Gasteiger partial charge on any atom is 0.501 e. The molecule has 0 bridgehead atoms. The van der Waals surface area contributed by atoms with E-state index >= 15 is 0 Å². The number of benzene rings is 2. The molecule has 2 aliphatic rings. The molecule has 3 aromatic rings. The molecule has 1 aliphatic heterocycles. The van der Waals surface area contributed by atoms with Gasteiger partial charge in [0.05, 0.1) is 10.6 Å². The van der Waals surface area contributed by atoms with Crippen LogP contribution >= 0.6 is 0 Å². The molecule has 14 heteroatoms. The van der Waals surface area contributed by atoms with Gasteiger partial charge in [-0.1, -0.05) is 0 Å². The summed E-state index contributed by atoms with van der Waals surface area (Å²) in [6, 6.07) is 10.6. The van der Waals surface area contributed by atoms with Crippen molar-refractivity contribution in [3.8, 4) is 0 Å². The second-order valence-corrected chi connectivity index (χ2v) is 10.9. The van der Waals surface area contributed by atoms with Gasteiger partial charge in [-0.15, -0.1) is 0 Å². The van der Waals surface area contributed by atoms with Gasteiger partial charge in [0, 0.05) is 18.3 Å². The number of amides is 4. The van der Waals surface area contributed by atoms with Crippen LogP contribution in [0.4, 0.5) is 33.9 Å². The van der Waals surface area contributed by atoms with Crippen molar-refractivity contribution in [3.05, 3.63) is 83.8 Å². The molecular weight excluding hydrogens is 544 g/mol. The van der Waals surface area contributed by atoms with Crippen LogP contribution in [0.2, 0.25) is 0 Å². The molecule has 39 heavy (non-hydrogen) atoms. The third-order valence-corrected chi connectivity index (χ3v) is 7.99. The number of aromatic nitrogens is 1. The molecule has 9 nitrogen and oxygen atoms in total. The van der Waals surface area contributed by atoms with E-state index in [9.17, 15) is 40.4 Å². The van der Waals surface area contributed by atoms with Gasteiger partial charge in [-0.2, -0.15) is 13.2 Å². The summed E-state index contributed by atoms with van der Waals surface area (Å²) in [5.74, 6) is -1.45. The Morgan fingerprint density at radius 1 is 1.00 bits per heavy atom. The zero-order valence-electron chi connectivity index (χ0n) is 19.8. The molecule has 1 saturated carbocycles. The minimum absolute atomic E-state index is 0.0381. The summed E-state index contributed by atoms with van der Waals surface area (Å²) < 4.78 is 75.0. The number of carbonyl (C=O) groups excluding carboxylic acids is 3. The molecule has 1 aromatic heterocycles. The molecule has 4 amide bonds. The van der Waals surface area contributed by atoms with E-state index in [1.165, 1.54) is 29.3 Å². The first kappa shape index (κ1) is 26.3. The first-order valence-corrected chi connectivity index (χ1v) is 12.9. The van der Waals surface area contributed by atoms with Gasteiger partial charge in [0.25, 0.3) is 21.7 Å². The van der Waals surface area contributed by atoms with Crippen LogP contribution in [-0.2, 0) is 21.2 Å². The standard InChI is InChI=1S/C25H18F4N4O5S/c26-17-3-1-16(2-4-17)21(34)31-20-13-15(9-12-30-20)14-32-23(36)33(22(35)24(32)10-11-24)18-5-7-19(8-6-18)39(37,38)25(27,28)29/h1-9,12-13H,10-11,14H2,(H,30,31,34). The largest absolute Gasteiger partial charge is 0.501 e. The Morgan fingerprint density at radius 2 is 1.64 bits per heavy atom. The van der Waals surface area contributed by atoms with Crippen LogP contribution in [0.3, 0.4) is 0 Å². The lowest BCUT2D eigenvalue weighted by molar-refractivity contribution is -0.120. The number of sulfone groups is 1. The lowest BCUT2D eigenvalue weighted by Gasteiger charge is -2.21. The van der Waals surface area contributed by atoms with Crippen LogP contribution in [0.25, 0.3) is 0 Å². The number of anilines is 2. The lowest BCUT2D eigenvalue weighted by atomic mass is 10.2. The van der Waals surface area contributed by atoms with E-state index in [0.29, 0.717) is 30.5 Å². The summed E-state index contributed by atoms with van der Waals surface area (Å²) in [7, 11) is -5.59. The Labute approximate surface area is 219 Å². The number of hydrogen-bond donors (Lipinski definition) is 1. The Hall–Kier alpha value is -4.33. The maximum atomic E-state index is 13.3. The first-order valence-electron chi connectivity index (χ1n) is 11.4. The molecule has 1 saturated heterocycles. The minimum atomic E-state index is -5.59. The van der Waals surface area contributed by atoms with Gasteiger partial charge < -0.3 is 10.2 Å². The third kappa shape index (κ3) is 4.60. The number of urea groups is 1. The average molecular weight is 563 g/mol. The minimum Gasteiger partial charge on any atom is -0.307 e. The van der Waals surface area contributed by atoms with E-state index in [0.717, 1.165) is 29.2 Å². The molecule has 2 aromatic carbocycles. The monoisotopic (exact) mass is 562 g/mol. The molecular formula is C25H18F4N4O5S. The van der Waals surface area contributed by atoms with Crippen molar-refractivity contribution >= 4 is 39.2 Å². The van der Waals surface area contributed by atoms with Crippen LogP contribution in [0.15, 0.2) is 71.8 Å². The van der Waals surface area contributed by atoms with E-state index in [1.54, 1.807) is 6.07 Å². The van der Waals surface area contributed by atoms with E-state index in [4.69, 9.17) is 0 Å². The van der Waals surface area contributed by atoms with E-state index in [-0.39, 0.29) is 23.6 Å². The number of imide groups is 1. The number of carbonyl (C=O) groups is 3. The Bertz CT molecular complexity index is 1590. The van der Waals surface area contributed by atoms with Crippen LogP contribution in [-0.4, -0.2) is 47.2 Å². The predicted octanol–water partition coefficient (Wildman–Crippen LogP) is 4.27. The smallest absolute Gasteiger partial charge is 0.307 e. The number of rotatable bonds is 6. The summed E-state index contributed by atoms with van der Waals surface area (Å²) >= 11 is 0. The van der Waals surface area contributed by atoms with Crippen molar-refractivity contribution in [3.63, 3.8) is 0 Å². The van der Waals surface area contributed by atoms with Crippen LogP contribution in [0.5, 0.6) is 0 Å². The van der Waals surface area contributed by atoms with Gasteiger partial charge in [-0.05, 0) is 79.1 Å². The van der Waals surface area contributed by atoms with Gasteiger partial charge in [0.2, 0.25) is 0 Å². The highest BCUT2D eigenvalue weighted by Gasteiger charge is 2.65. The van der Waals surface area contributed by atoms with Crippen molar-refractivity contribution in [2.45, 2.75) is 35.3 Å². The third-order valence-electron chi connectivity index (χ3n) is 6.49. The van der Waals surface area contributed by atoms with E-state index < -0.39 is 49.4 Å². The van der Waals surface area contributed by atoms with Crippen LogP contribution in [0, 0.1) is 5.82 Å². The van der Waals surface area contributed by atoms with Gasteiger partial charge in [0.1, 0.15) is 17.2 Å². The van der Waals surface area contributed by atoms with Crippen molar-refractivity contribution in [1.29, 1.82) is 0 Å². The highest BCUT2D eigenvalue weighted by molar-refractivity contribution is 7.92. The highest BCUT2D eigenvalue weighted by Crippen LogP contribution is 2.49.